The van der Waals surface area contributed by atoms with E-state index in [4.69, 9.17) is 22.3 Å². The number of aromatic hydroxyl groups is 1. The smallest absolute Gasteiger partial charge is 0.339 e. The molecule has 1 aliphatic rings. The topological polar surface area (TPSA) is 136 Å². The standard InChI is InChI=1S/C27H20N4O5S2/c32-22-13-18(5-6-19(22)26(35)36)30-24(33)9-11-31-25(34)23(38-27(31)37)14-17-2-1-3-21(29-17)15-4-7-20-16(12-15)8-10-28-20/h1-8,10,12-14,28,32H,9,11H2,(H,30,33)(H,35,36). The lowest BCUT2D eigenvalue weighted by atomic mass is 10.1. The van der Waals surface area contributed by atoms with Crippen LogP contribution in [0.1, 0.15) is 22.5 Å². The number of carboxylic acids is 1. The zero-order valence-corrected chi connectivity index (χ0v) is 21.3. The second kappa shape index (κ2) is 10.5. The van der Waals surface area contributed by atoms with Gasteiger partial charge in [0.05, 0.1) is 16.3 Å². The fourth-order valence-electron chi connectivity index (χ4n) is 3.96. The molecule has 0 unspecified atom stereocenters. The van der Waals surface area contributed by atoms with E-state index < -0.39 is 17.6 Å². The number of carboxylic acid groups (broad SMARTS) is 1. The van der Waals surface area contributed by atoms with Gasteiger partial charge >= 0.3 is 5.97 Å². The molecule has 0 aliphatic carbocycles. The highest BCUT2D eigenvalue weighted by Crippen LogP contribution is 2.33. The van der Waals surface area contributed by atoms with Crippen LogP contribution < -0.4 is 5.32 Å². The first-order valence-electron chi connectivity index (χ1n) is 11.4. The predicted octanol–water partition coefficient (Wildman–Crippen LogP) is 4.86. The van der Waals surface area contributed by atoms with E-state index in [1.54, 1.807) is 6.08 Å². The molecule has 0 radical (unpaired) electrons. The minimum Gasteiger partial charge on any atom is -0.507 e. The number of aromatic amines is 1. The van der Waals surface area contributed by atoms with E-state index in [0.717, 1.165) is 40.0 Å². The first kappa shape index (κ1) is 25.2. The number of nitrogens with zero attached hydrogens (tertiary/aromatic N) is 2. The molecule has 9 nitrogen and oxygen atoms in total. The summed E-state index contributed by atoms with van der Waals surface area (Å²) in [5, 5.41) is 22.4. The number of nitrogens with one attached hydrogen (secondary N) is 2. The lowest BCUT2D eigenvalue weighted by Gasteiger charge is -2.14. The van der Waals surface area contributed by atoms with Crippen LogP contribution in [0.3, 0.4) is 0 Å². The van der Waals surface area contributed by atoms with Gasteiger partial charge in [-0.3, -0.25) is 14.5 Å². The maximum Gasteiger partial charge on any atom is 0.339 e. The molecule has 0 spiro atoms. The number of anilines is 1. The molecule has 1 fully saturated rings. The van der Waals surface area contributed by atoms with Crippen LogP contribution in [0.4, 0.5) is 5.69 Å². The molecule has 0 saturated carbocycles. The molecule has 2 aromatic carbocycles. The quantitative estimate of drug-likeness (QED) is 0.191. The highest BCUT2D eigenvalue weighted by molar-refractivity contribution is 8.26. The molecule has 1 saturated heterocycles. The average Bonchev–Trinajstić information content (AvgIpc) is 3.46. The Bertz CT molecular complexity index is 1650. The number of H-pyrrole nitrogens is 1. The van der Waals surface area contributed by atoms with Crippen molar-refractivity contribution in [3.05, 3.63) is 83.0 Å². The van der Waals surface area contributed by atoms with E-state index in [-0.39, 0.29) is 30.1 Å². The van der Waals surface area contributed by atoms with E-state index in [9.17, 15) is 19.5 Å². The van der Waals surface area contributed by atoms with Gasteiger partial charge in [0, 0.05) is 47.4 Å². The number of rotatable bonds is 7. The summed E-state index contributed by atoms with van der Waals surface area (Å²) in [5.41, 5.74) is 3.35. The van der Waals surface area contributed by atoms with Gasteiger partial charge in [-0.25, -0.2) is 9.78 Å². The Morgan fingerprint density at radius 2 is 1.97 bits per heavy atom. The molecule has 3 heterocycles. The number of thioether (sulfide) groups is 1. The van der Waals surface area contributed by atoms with Gasteiger partial charge in [-0.05, 0) is 48.5 Å². The number of amides is 2. The lowest BCUT2D eigenvalue weighted by molar-refractivity contribution is -0.122. The Balaban J connectivity index is 1.24. The van der Waals surface area contributed by atoms with Crippen LogP contribution in [0.5, 0.6) is 5.75 Å². The monoisotopic (exact) mass is 544 g/mol. The molecule has 0 atom stereocenters. The first-order valence-corrected chi connectivity index (χ1v) is 12.7. The van der Waals surface area contributed by atoms with Crippen LogP contribution in [0.15, 0.2) is 71.8 Å². The SMILES string of the molecule is O=C(CCN1C(=O)C(=Cc2cccc(-c3ccc4[nH]ccc4c3)n2)SC1=S)Nc1ccc(C(=O)O)c(O)c1. The number of pyridine rings is 1. The van der Waals surface area contributed by atoms with Gasteiger partial charge in [-0.1, -0.05) is 36.1 Å². The summed E-state index contributed by atoms with van der Waals surface area (Å²) in [6.45, 7) is 0.0666. The second-order valence-electron chi connectivity index (χ2n) is 8.40. The van der Waals surface area contributed by atoms with Crippen molar-refractivity contribution in [2.45, 2.75) is 6.42 Å². The highest BCUT2D eigenvalue weighted by Gasteiger charge is 2.32. The van der Waals surface area contributed by atoms with Gasteiger partial charge in [0.2, 0.25) is 5.91 Å². The second-order valence-corrected chi connectivity index (χ2v) is 10.1. The third-order valence-electron chi connectivity index (χ3n) is 5.85. The van der Waals surface area contributed by atoms with Crippen molar-refractivity contribution < 1.29 is 24.6 Å². The first-order chi connectivity index (χ1) is 18.3. The molecule has 11 heteroatoms. The Hall–Kier alpha value is -4.48. The lowest BCUT2D eigenvalue weighted by Crippen LogP contribution is -2.31. The molecule has 190 valence electrons. The van der Waals surface area contributed by atoms with Crippen LogP contribution >= 0.6 is 24.0 Å². The Labute approximate surface area is 226 Å². The average molecular weight is 545 g/mol. The Morgan fingerprint density at radius 3 is 2.76 bits per heavy atom. The van der Waals surface area contributed by atoms with Crippen molar-refractivity contribution in [1.82, 2.24) is 14.9 Å². The summed E-state index contributed by atoms with van der Waals surface area (Å²) in [4.78, 5) is 46.1. The summed E-state index contributed by atoms with van der Waals surface area (Å²) in [6.07, 6.45) is 3.52. The van der Waals surface area contributed by atoms with E-state index in [0.29, 0.717) is 14.9 Å². The maximum absolute atomic E-state index is 13.0. The molecule has 4 aromatic rings. The molecular formula is C27H20N4O5S2. The van der Waals surface area contributed by atoms with Gasteiger partial charge < -0.3 is 20.5 Å². The van der Waals surface area contributed by atoms with E-state index in [1.807, 2.05) is 48.7 Å². The fourth-order valence-corrected chi connectivity index (χ4v) is 5.25. The van der Waals surface area contributed by atoms with Crippen molar-refractivity contribution in [2.24, 2.45) is 0 Å². The van der Waals surface area contributed by atoms with Crippen molar-refractivity contribution in [3.8, 4) is 17.0 Å². The molecule has 2 amide bonds. The number of fused-ring (bicyclic) bond motifs is 1. The number of carbonyl (C=O) groups excluding carboxylic acids is 2. The fraction of sp³-hybridized carbons (Fsp3) is 0.0741. The van der Waals surface area contributed by atoms with Crippen molar-refractivity contribution in [1.29, 1.82) is 0 Å². The minimum atomic E-state index is -1.28. The summed E-state index contributed by atoms with van der Waals surface area (Å²) in [5.74, 6) is -2.46. The highest BCUT2D eigenvalue weighted by atomic mass is 32.2. The number of phenols is 1. The van der Waals surface area contributed by atoms with E-state index >= 15 is 0 Å². The largest absolute Gasteiger partial charge is 0.507 e. The number of carbonyl (C=O) groups is 3. The number of aromatic carboxylic acids is 1. The van der Waals surface area contributed by atoms with Crippen LogP contribution in [0.25, 0.3) is 28.2 Å². The zero-order valence-electron chi connectivity index (χ0n) is 19.7. The number of benzene rings is 2. The normalized spacial score (nSPS) is 14.4. The molecule has 1 aliphatic heterocycles. The molecular weight excluding hydrogens is 524 g/mol. The summed E-state index contributed by atoms with van der Waals surface area (Å²) >= 11 is 6.52. The van der Waals surface area contributed by atoms with E-state index in [1.165, 1.54) is 17.0 Å². The Morgan fingerprint density at radius 1 is 1.13 bits per heavy atom. The van der Waals surface area contributed by atoms with Crippen molar-refractivity contribution >= 4 is 68.8 Å². The summed E-state index contributed by atoms with van der Waals surface area (Å²) in [6, 6.07) is 17.3. The number of hydrogen-bond acceptors (Lipinski definition) is 7. The van der Waals surface area contributed by atoms with Crippen LogP contribution in [0.2, 0.25) is 0 Å². The summed E-state index contributed by atoms with van der Waals surface area (Å²) < 4.78 is 0.339. The van der Waals surface area contributed by atoms with Gasteiger partial charge in [-0.2, -0.15) is 0 Å². The molecule has 38 heavy (non-hydrogen) atoms. The van der Waals surface area contributed by atoms with Crippen molar-refractivity contribution in [2.75, 3.05) is 11.9 Å². The van der Waals surface area contributed by atoms with Crippen LogP contribution in [0, 0.1) is 0 Å². The number of aromatic nitrogens is 2. The van der Waals surface area contributed by atoms with Gasteiger partial charge in [0.1, 0.15) is 15.6 Å². The van der Waals surface area contributed by atoms with E-state index in [2.05, 4.69) is 10.3 Å². The maximum atomic E-state index is 13.0. The Kier molecular flexibility index (Phi) is 6.95. The van der Waals surface area contributed by atoms with Crippen LogP contribution in [-0.4, -0.2) is 53.7 Å². The third kappa shape index (κ3) is 5.29. The molecule has 4 N–H and O–H groups in total. The van der Waals surface area contributed by atoms with Gasteiger partial charge in [0.25, 0.3) is 5.91 Å². The minimum absolute atomic E-state index is 0.0451. The molecule has 5 rings (SSSR count). The van der Waals surface area contributed by atoms with Gasteiger partial charge in [0.15, 0.2) is 0 Å². The third-order valence-corrected chi connectivity index (χ3v) is 7.22. The summed E-state index contributed by atoms with van der Waals surface area (Å²) in [7, 11) is 0. The predicted molar refractivity (Wildman–Crippen MR) is 150 cm³/mol. The number of thiocarbonyl (C=S) groups is 1. The molecule has 0 bridgehead atoms. The molecule has 2 aromatic heterocycles. The van der Waals surface area contributed by atoms with Gasteiger partial charge in [-0.15, -0.1) is 0 Å². The zero-order chi connectivity index (χ0) is 26.8. The van der Waals surface area contributed by atoms with Crippen molar-refractivity contribution in [3.63, 3.8) is 0 Å². The van der Waals surface area contributed by atoms with Crippen LogP contribution in [-0.2, 0) is 9.59 Å². The number of hydrogen-bond donors (Lipinski definition) is 4.